The fourth-order valence-electron chi connectivity index (χ4n) is 5.11. The summed E-state index contributed by atoms with van der Waals surface area (Å²) in [5.74, 6) is -0.272. The number of hydrogen-bond donors (Lipinski definition) is 1. The summed E-state index contributed by atoms with van der Waals surface area (Å²) >= 11 is 0. The maximum atomic E-state index is 13.2. The monoisotopic (exact) mass is 385 g/mol. The Kier molecular flexibility index (Phi) is 5.69. The second-order valence-electron chi connectivity index (χ2n) is 8.43. The van der Waals surface area contributed by atoms with E-state index in [1.165, 1.54) is 19.3 Å². The molecule has 6 nitrogen and oxygen atoms in total. The maximum Gasteiger partial charge on any atom is 0.253 e. The van der Waals surface area contributed by atoms with Crippen LogP contribution in [-0.4, -0.2) is 73.6 Å². The van der Waals surface area contributed by atoms with E-state index in [0.29, 0.717) is 18.7 Å². The average molecular weight is 386 g/mol. The lowest BCUT2D eigenvalue weighted by molar-refractivity contribution is -0.124. The molecule has 0 aromatic heterocycles. The van der Waals surface area contributed by atoms with Crippen molar-refractivity contribution in [3.8, 4) is 0 Å². The van der Waals surface area contributed by atoms with E-state index in [1.54, 1.807) is 11.9 Å². The number of amides is 2. The summed E-state index contributed by atoms with van der Waals surface area (Å²) in [6.45, 7) is 4.56. The van der Waals surface area contributed by atoms with E-state index in [2.05, 4.69) is 10.2 Å². The lowest BCUT2D eigenvalue weighted by Gasteiger charge is -2.48. The Morgan fingerprint density at radius 1 is 1.18 bits per heavy atom. The van der Waals surface area contributed by atoms with Crippen LogP contribution in [0, 0.1) is 0 Å². The molecule has 1 unspecified atom stereocenters. The van der Waals surface area contributed by atoms with Crippen molar-refractivity contribution >= 4 is 11.8 Å². The van der Waals surface area contributed by atoms with Gasteiger partial charge in [0.15, 0.2) is 0 Å². The molecule has 0 radical (unpaired) electrons. The van der Waals surface area contributed by atoms with Gasteiger partial charge in [0.25, 0.3) is 5.91 Å². The Hall–Kier alpha value is -1.92. The van der Waals surface area contributed by atoms with Crippen molar-refractivity contribution in [1.82, 2.24) is 15.1 Å². The quantitative estimate of drug-likeness (QED) is 0.861. The maximum absolute atomic E-state index is 13.2. The van der Waals surface area contributed by atoms with E-state index in [4.69, 9.17) is 4.74 Å². The molecule has 2 amide bonds. The fourth-order valence-corrected chi connectivity index (χ4v) is 5.11. The van der Waals surface area contributed by atoms with Gasteiger partial charge in [-0.15, -0.1) is 0 Å². The Balaban J connectivity index is 1.49. The minimum Gasteiger partial charge on any atom is -0.379 e. The molecule has 1 atom stereocenters. The largest absolute Gasteiger partial charge is 0.379 e. The minimum atomic E-state index is -0.302. The van der Waals surface area contributed by atoms with E-state index in [0.717, 1.165) is 44.7 Å². The van der Waals surface area contributed by atoms with Crippen LogP contribution < -0.4 is 5.32 Å². The Morgan fingerprint density at radius 3 is 2.64 bits per heavy atom. The first-order valence-corrected chi connectivity index (χ1v) is 10.6. The SMILES string of the molecule is CN1CC(C(=O)NCC2(N3CCOCC3)CCCCC2)c2ccccc2C1=O. The van der Waals surface area contributed by atoms with Crippen molar-refractivity contribution in [3.05, 3.63) is 35.4 Å². The number of hydrogen-bond acceptors (Lipinski definition) is 4. The zero-order valence-electron chi connectivity index (χ0n) is 16.8. The highest BCUT2D eigenvalue weighted by atomic mass is 16.5. The first kappa shape index (κ1) is 19.4. The highest BCUT2D eigenvalue weighted by molar-refractivity contribution is 6.00. The summed E-state index contributed by atoms with van der Waals surface area (Å²) in [7, 11) is 1.77. The third-order valence-electron chi connectivity index (χ3n) is 6.74. The molecule has 28 heavy (non-hydrogen) atoms. The normalized spacial score (nSPS) is 25.2. The van der Waals surface area contributed by atoms with Crippen molar-refractivity contribution < 1.29 is 14.3 Å². The molecule has 1 N–H and O–H groups in total. The fraction of sp³-hybridized carbons (Fsp3) is 0.636. The zero-order chi connectivity index (χ0) is 19.6. The van der Waals surface area contributed by atoms with Gasteiger partial charge < -0.3 is 15.0 Å². The van der Waals surface area contributed by atoms with Gasteiger partial charge in [0.2, 0.25) is 5.91 Å². The van der Waals surface area contributed by atoms with Gasteiger partial charge >= 0.3 is 0 Å². The molecule has 2 aliphatic heterocycles. The van der Waals surface area contributed by atoms with Crippen molar-refractivity contribution in [2.75, 3.05) is 46.4 Å². The molecule has 4 rings (SSSR count). The lowest BCUT2D eigenvalue weighted by Crippen LogP contribution is -2.60. The average Bonchev–Trinajstić information content (AvgIpc) is 2.76. The molecule has 0 bridgehead atoms. The summed E-state index contributed by atoms with van der Waals surface area (Å²) in [6.07, 6.45) is 5.98. The number of carbonyl (C=O) groups excluding carboxylic acids is 2. The molecule has 0 spiro atoms. The van der Waals surface area contributed by atoms with E-state index in [9.17, 15) is 9.59 Å². The second kappa shape index (κ2) is 8.21. The van der Waals surface area contributed by atoms with E-state index >= 15 is 0 Å². The van der Waals surface area contributed by atoms with E-state index in [1.807, 2.05) is 24.3 Å². The number of nitrogens with zero attached hydrogens (tertiary/aromatic N) is 2. The smallest absolute Gasteiger partial charge is 0.253 e. The van der Waals surface area contributed by atoms with Crippen LogP contribution in [0.5, 0.6) is 0 Å². The number of ether oxygens (including phenoxy) is 1. The van der Waals surface area contributed by atoms with Crippen molar-refractivity contribution in [2.24, 2.45) is 0 Å². The van der Waals surface area contributed by atoms with Crippen molar-refractivity contribution in [3.63, 3.8) is 0 Å². The molecule has 1 aliphatic carbocycles. The molecule has 2 heterocycles. The van der Waals surface area contributed by atoms with Crippen LogP contribution in [0.4, 0.5) is 0 Å². The number of benzene rings is 1. The third kappa shape index (κ3) is 3.67. The molecule has 1 saturated heterocycles. The second-order valence-corrected chi connectivity index (χ2v) is 8.43. The predicted octanol–water partition coefficient (Wildman–Crippen LogP) is 2.01. The first-order chi connectivity index (χ1) is 13.6. The topological polar surface area (TPSA) is 61.9 Å². The van der Waals surface area contributed by atoms with Crippen LogP contribution in [0.3, 0.4) is 0 Å². The summed E-state index contributed by atoms with van der Waals surface area (Å²) in [4.78, 5) is 29.8. The van der Waals surface area contributed by atoms with E-state index < -0.39 is 0 Å². The van der Waals surface area contributed by atoms with Gasteiger partial charge in [0.1, 0.15) is 0 Å². The predicted molar refractivity (Wildman–Crippen MR) is 107 cm³/mol. The number of likely N-dealkylation sites (N-methyl/N-ethyl adjacent to an activating group) is 1. The van der Waals surface area contributed by atoms with Crippen LogP contribution in [0.1, 0.15) is 53.9 Å². The summed E-state index contributed by atoms with van der Waals surface area (Å²) in [5, 5.41) is 3.28. The first-order valence-electron chi connectivity index (χ1n) is 10.6. The van der Waals surface area contributed by atoms with Gasteiger partial charge in [-0.3, -0.25) is 14.5 Å². The van der Waals surface area contributed by atoms with Crippen LogP contribution in [0.25, 0.3) is 0 Å². The van der Waals surface area contributed by atoms with Crippen LogP contribution in [-0.2, 0) is 9.53 Å². The number of fused-ring (bicyclic) bond motifs is 1. The third-order valence-corrected chi connectivity index (χ3v) is 6.74. The molecule has 2 fully saturated rings. The standard InChI is InChI=1S/C22H31N3O3/c1-24-15-19(17-7-3-4-8-18(17)21(24)27)20(26)23-16-22(9-5-2-6-10-22)25-11-13-28-14-12-25/h3-4,7-8,19H,2,5-6,9-16H2,1H3,(H,23,26). The van der Waals surface area contributed by atoms with Gasteiger partial charge in [0.05, 0.1) is 19.1 Å². The molecule has 3 aliphatic rings. The lowest BCUT2D eigenvalue weighted by atomic mass is 9.79. The van der Waals surface area contributed by atoms with Gasteiger partial charge in [0, 0.05) is 44.3 Å². The van der Waals surface area contributed by atoms with E-state index in [-0.39, 0.29) is 23.3 Å². The molecule has 6 heteroatoms. The van der Waals surface area contributed by atoms with Crippen LogP contribution in [0.15, 0.2) is 24.3 Å². The summed E-state index contributed by atoms with van der Waals surface area (Å²) in [6, 6.07) is 7.52. The van der Waals surface area contributed by atoms with Gasteiger partial charge in [-0.05, 0) is 24.5 Å². The Bertz CT molecular complexity index is 723. The van der Waals surface area contributed by atoms with Gasteiger partial charge in [-0.25, -0.2) is 0 Å². The molecule has 1 aromatic rings. The Morgan fingerprint density at radius 2 is 1.89 bits per heavy atom. The highest BCUT2D eigenvalue weighted by Crippen LogP contribution is 2.34. The number of carbonyl (C=O) groups is 2. The molecular weight excluding hydrogens is 354 g/mol. The zero-order valence-corrected chi connectivity index (χ0v) is 16.8. The van der Waals surface area contributed by atoms with Gasteiger partial charge in [-0.1, -0.05) is 37.5 Å². The number of rotatable bonds is 4. The van der Waals surface area contributed by atoms with Crippen LogP contribution >= 0.6 is 0 Å². The van der Waals surface area contributed by atoms with Gasteiger partial charge in [-0.2, -0.15) is 0 Å². The van der Waals surface area contributed by atoms with Crippen molar-refractivity contribution in [1.29, 1.82) is 0 Å². The number of nitrogens with one attached hydrogen (secondary N) is 1. The highest BCUT2D eigenvalue weighted by Gasteiger charge is 2.40. The summed E-state index contributed by atoms with van der Waals surface area (Å²) < 4.78 is 5.55. The minimum absolute atomic E-state index is 0.00304. The number of morpholine rings is 1. The van der Waals surface area contributed by atoms with Crippen molar-refractivity contribution in [2.45, 2.75) is 43.6 Å². The molecule has 1 aromatic carbocycles. The Labute approximate surface area is 167 Å². The van der Waals surface area contributed by atoms with Crippen LogP contribution in [0.2, 0.25) is 0 Å². The molecule has 1 saturated carbocycles. The molecular formula is C22H31N3O3. The molecule has 152 valence electrons. The summed E-state index contributed by atoms with van der Waals surface area (Å²) in [5.41, 5.74) is 1.55.